The van der Waals surface area contributed by atoms with Gasteiger partial charge in [0.1, 0.15) is 0 Å². The molecule has 3 rings (SSSR count). The number of amides is 1. The van der Waals surface area contributed by atoms with Crippen molar-refractivity contribution in [2.75, 3.05) is 11.4 Å². The zero-order valence-electron chi connectivity index (χ0n) is 11.8. The molecule has 0 aromatic heterocycles. The third-order valence-corrected chi connectivity index (χ3v) is 4.34. The summed E-state index contributed by atoms with van der Waals surface area (Å²) in [5.41, 5.74) is 3.84. The molecule has 102 valence electrons. The molecule has 1 fully saturated rings. The Labute approximate surface area is 115 Å². The highest BCUT2D eigenvalue weighted by atomic mass is 16.2. The fourth-order valence-electron chi connectivity index (χ4n) is 3.51. The van der Waals surface area contributed by atoms with E-state index in [1.165, 1.54) is 24.0 Å². The number of nitrogens with one attached hydrogen (secondary N) is 1. The summed E-state index contributed by atoms with van der Waals surface area (Å²) >= 11 is 0. The highest BCUT2D eigenvalue weighted by Crippen LogP contribution is 2.33. The summed E-state index contributed by atoms with van der Waals surface area (Å²) in [6, 6.07) is 7.56. The van der Waals surface area contributed by atoms with Crippen molar-refractivity contribution in [2.45, 2.75) is 51.6 Å². The normalized spacial score (nSPS) is 25.7. The van der Waals surface area contributed by atoms with Crippen LogP contribution in [-0.2, 0) is 17.6 Å². The molecule has 1 aromatic carbocycles. The Balaban J connectivity index is 1.81. The predicted molar refractivity (Wildman–Crippen MR) is 77.5 cm³/mol. The topological polar surface area (TPSA) is 32.3 Å². The van der Waals surface area contributed by atoms with Crippen molar-refractivity contribution in [1.29, 1.82) is 0 Å². The van der Waals surface area contributed by atoms with Crippen molar-refractivity contribution in [3.63, 3.8) is 0 Å². The number of anilines is 1. The second kappa shape index (κ2) is 4.97. The second-order valence-corrected chi connectivity index (χ2v) is 5.90. The lowest BCUT2D eigenvalue weighted by atomic mass is 10.0. The van der Waals surface area contributed by atoms with Gasteiger partial charge < -0.3 is 10.2 Å². The van der Waals surface area contributed by atoms with Crippen LogP contribution < -0.4 is 10.2 Å². The van der Waals surface area contributed by atoms with E-state index in [1.54, 1.807) is 6.92 Å². The second-order valence-electron chi connectivity index (χ2n) is 5.90. The fraction of sp³-hybridized carbons (Fsp3) is 0.562. The van der Waals surface area contributed by atoms with Gasteiger partial charge >= 0.3 is 0 Å². The van der Waals surface area contributed by atoms with Crippen LogP contribution in [0.5, 0.6) is 0 Å². The Morgan fingerprint density at radius 3 is 3.00 bits per heavy atom. The van der Waals surface area contributed by atoms with Gasteiger partial charge in [0.2, 0.25) is 5.91 Å². The van der Waals surface area contributed by atoms with E-state index in [2.05, 4.69) is 30.4 Å². The quantitative estimate of drug-likeness (QED) is 0.882. The van der Waals surface area contributed by atoms with Gasteiger partial charge in [-0.1, -0.05) is 12.1 Å². The van der Waals surface area contributed by atoms with Gasteiger partial charge in [-0.3, -0.25) is 4.79 Å². The Morgan fingerprint density at radius 1 is 1.47 bits per heavy atom. The average Bonchev–Trinajstić information content (AvgIpc) is 2.94. The predicted octanol–water partition coefficient (Wildman–Crippen LogP) is 2.28. The highest BCUT2D eigenvalue weighted by Gasteiger charge is 2.29. The number of rotatable bonds is 2. The number of hydrogen-bond acceptors (Lipinski definition) is 2. The molecule has 2 atom stereocenters. The lowest BCUT2D eigenvalue weighted by Crippen LogP contribution is -2.33. The van der Waals surface area contributed by atoms with E-state index in [-0.39, 0.29) is 5.91 Å². The molecule has 19 heavy (non-hydrogen) atoms. The number of fused-ring (bicyclic) bond motifs is 1. The third kappa shape index (κ3) is 2.39. The lowest BCUT2D eigenvalue weighted by molar-refractivity contribution is -0.116. The van der Waals surface area contributed by atoms with Gasteiger partial charge in [-0.2, -0.15) is 0 Å². The van der Waals surface area contributed by atoms with Crippen molar-refractivity contribution < 1.29 is 4.79 Å². The summed E-state index contributed by atoms with van der Waals surface area (Å²) in [6.07, 6.45) is 4.68. The monoisotopic (exact) mass is 258 g/mol. The standard InChI is InChI=1S/C16H22N2O/c1-11-8-14-9-13(10-15-4-3-7-17-15)5-6-16(14)18(11)12(2)19/h5-6,9,11,15,17H,3-4,7-8,10H2,1-2H3. The van der Waals surface area contributed by atoms with E-state index in [4.69, 9.17) is 0 Å². The van der Waals surface area contributed by atoms with Crippen molar-refractivity contribution in [3.05, 3.63) is 29.3 Å². The fourth-order valence-corrected chi connectivity index (χ4v) is 3.51. The maximum Gasteiger partial charge on any atom is 0.224 e. The minimum Gasteiger partial charge on any atom is -0.314 e. The molecule has 0 saturated carbocycles. The van der Waals surface area contributed by atoms with E-state index >= 15 is 0 Å². The van der Waals surface area contributed by atoms with E-state index < -0.39 is 0 Å². The average molecular weight is 258 g/mol. The van der Waals surface area contributed by atoms with E-state index in [0.29, 0.717) is 12.1 Å². The third-order valence-electron chi connectivity index (χ3n) is 4.34. The first-order valence-corrected chi connectivity index (χ1v) is 7.30. The van der Waals surface area contributed by atoms with Crippen LogP contribution in [0.3, 0.4) is 0 Å². The first-order valence-electron chi connectivity index (χ1n) is 7.30. The molecule has 0 aliphatic carbocycles. The van der Waals surface area contributed by atoms with Crippen LogP contribution in [0.1, 0.15) is 37.8 Å². The van der Waals surface area contributed by atoms with Crippen molar-refractivity contribution in [3.8, 4) is 0 Å². The Hall–Kier alpha value is -1.35. The van der Waals surface area contributed by atoms with Crippen LogP contribution in [0.2, 0.25) is 0 Å². The molecule has 2 aliphatic rings. The van der Waals surface area contributed by atoms with Crippen molar-refractivity contribution >= 4 is 11.6 Å². The summed E-state index contributed by atoms with van der Waals surface area (Å²) in [4.78, 5) is 13.6. The SMILES string of the molecule is CC(=O)N1c2ccc(CC3CCCN3)cc2CC1C. The molecule has 1 aromatic rings. The van der Waals surface area contributed by atoms with Gasteiger partial charge in [0, 0.05) is 24.7 Å². The molecule has 1 saturated heterocycles. The van der Waals surface area contributed by atoms with Gasteiger partial charge in [0.25, 0.3) is 0 Å². The molecule has 2 aliphatic heterocycles. The maximum absolute atomic E-state index is 11.7. The van der Waals surface area contributed by atoms with Crippen molar-refractivity contribution in [1.82, 2.24) is 5.32 Å². The van der Waals surface area contributed by atoms with Gasteiger partial charge in [-0.25, -0.2) is 0 Å². The summed E-state index contributed by atoms with van der Waals surface area (Å²) in [5.74, 6) is 0.149. The molecule has 0 spiro atoms. The summed E-state index contributed by atoms with van der Waals surface area (Å²) in [7, 11) is 0. The van der Waals surface area contributed by atoms with Gasteiger partial charge in [0.15, 0.2) is 0 Å². The molecule has 2 heterocycles. The highest BCUT2D eigenvalue weighted by molar-refractivity contribution is 5.94. The van der Waals surface area contributed by atoms with Gasteiger partial charge in [0.05, 0.1) is 0 Å². The summed E-state index contributed by atoms with van der Waals surface area (Å²) < 4.78 is 0. The van der Waals surface area contributed by atoms with E-state index in [1.807, 2.05) is 4.90 Å². The molecule has 0 bridgehead atoms. The summed E-state index contributed by atoms with van der Waals surface area (Å²) in [5, 5.41) is 3.54. The Kier molecular flexibility index (Phi) is 3.31. The van der Waals surface area contributed by atoms with Crippen LogP contribution in [0, 0.1) is 0 Å². The molecular weight excluding hydrogens is 236 g/mol. The van der Waals surface area contributed by atoms with Crippen LogP contribution >= 0.6 is 0 Å². The van der Waals surface area contributed by atoms with Gasteiger partial charge in [-0.05, 0) is 56.3 Å². The van der Waals surface area contributed by atoms with Gasteiger partial charge in [-0.15, -0.1) is 0 Å². The number of hydrogen-bond donors (Lipinski definition) is 1. The smallest absolute Gasteiger partial charge is 0.224 e. The Morgan fingerprint density at radius 2 is 2.32 bits per heavy atom. The lowest BCUT2D eigenvalue weighted by Gasteiger charge is -2.20. The molecule has 3 heteroatoms. The maximum atomic E-state index is 11.7. The number of carbonyl (C=O) groups is 1. The molecule has 0 radical (unpaired) electrons. The first-order chi connectivity index (χ1) is 9.15. The minimum absolute atomic E-state index is 0.149. The van der Waals surface area contributed by atoms with Crippen LogP contribution in [-0.4, -0.2) is 24.5 Å². The molecule has 1 amide bonds. The molecule has 2 unspecified atom stereocenters. The van der Waals surface area contributed by atoms with E-state index in [0.717, 1.165) is 25.1 Å². The van der Waals surface area contributed by atoms with Crippen molar-refractivity contribution in [2.24, 2.45) is 0 Å². The van der Waals surface area contributed by atoms with E-state index in [9.17, 15) is 4.79 Å². The number of carbonyl (C=O) groups excluding carboxylic acids is 1. The molecule has 1 N–H and O–H groups in total. The first kappa shape index (κ1) is 12.7. The number of benzene rings is 1. The van der Waals surface area contributed by atoms with Crippen LogP contribution in [0.15, 0.2) is 18.2 Å². The van der Waals surface area contributed by atoms with Crippen LogP contribution in [0.25, 0.3) is 0 Å². The van der Waals surface area contributed by atoms with Crippen LogP contribution in [0.4, 0.5) is 5.69 Å². The molecular formula is C16H22N2O. The minimum atomic E-state index is 0.149. The molecule has 3 nitrogen and oxygen atoms in total. The summed E-state index contributed by atoms with van der Waals surface area (Å²) in [6.45, 7) is 4.94. The Bertz CT molecular complexity index is 492. The largest absolute Gasteiger partial charge is 0.314 e. The zero-order chi connectivity index (χ0) is 13.4. The zero-order valence-corrected chi connectivity index (χ0v) is 11.8. The number of nitrogens with zero attached hydrogens (tertiary/aromatic N) is 1.